The first-order valence-corrected chi connectivity index (χ1v) is 12.2. The molecule has 1 saturated heterocycles. The molecule has 5 heterocycles. The maximum absolute atomic E-state index is 4.42. The maximum Gasteiger partial charge on any atom is 0.155 e. The average molecular weight is 451 g/mol. The zero-order chi connectivity index (χ0) is 23.1. The molecular weight excluding hydrogens is 420 g/mol. The molecule has 5 aromatic rings. The van der Waals surface area contributed by atoms with E-state index in [0.29, 0.717) is 11.8 Å². The number of likely N-dealkylation sites (tertiary alicyclic amines) is 1. The lowest BCUT2D eigenvalue weighted by atomic mass is 9.87. The molecule has 6 heteroatoms. The van der Waals surface area contributed by atoms with Crippen LogP contribution in [0.4, 0.5) is 0 Å². The van der Waals surface area contributed by atoms with Crippen LogP contribution in [0.2, 0.25) is 0 Å². The molecule has 0 saturated carbocycles. The molecule has 1 fully saturated rings. The van der Waals surface area contributed by atoms with Gasteiger partial charge in [-0.1, -0.05) is 26.0 Å². The smallest absolute Gasteiger partial charge is 0.155 e. The van der Waals surface area contributed by atoms with E-state index in [9.17, 15) is 0 Å². The highest BCUT2D eigenvalue weighted by atomic mass is 15.1. The van der Waals surface area contributed by atoms with E-state index >= 15 is 0 Å². The van der Waals surface area contributed by atoms with Crippen LogP contribution < -0.4 is 0 Å². The Bertz CT molecular complexity index is 1420. The molecule has 0 spiro atoms. The predicted octanol–water partition coefficient (Wildman–Crippen LogP) is 6.00. The summed E-state index contributed by atoms with van der Waals surface area (Å²) in [7, 11) is 0. The van der Waals surface area contributed by atoms with Crippen molar-refractivity contribution >= 4 is 21.9 Å². The lowest BCUT2D eigenvalue weighted by Gasteiger charge is -2.32. The van der Waals surface area contributed by atoms with E-state index in [1.165, 1.54) is 46.1 Å². The number of aromatic nitrogens is 5. The first kappa shape index (κ1) is 21.1. The van der Waals surface area contributed by atoms with E-state index in [-0.39, 0.29) is 0 Å². The fraction of sp³-hybridized carbons (Fsp3) is 0.321. The first-order valence-electron chi connectivity index (χ1n) is 12.2. The first-order chi connectivity index (χ1) is 16.7. The highest BCUT2D eigenvalue weighted by Gasteiger charge is 2.23. The van der Waals surface area contributed by atoms with Gasteiger partial charge in [-0.2, -0.15) is 5.10 Å². The average Bonchev–Trinajstić information content (AvgIpc) is 3.49. The molecule has 0 unspecified atom stereocenters. The summed E-state index contributed by atoms with van der Waals surface area (Å²) in [5, 5.41) is 9.61. The van der Waals surface area contributed by atoms with Gasteiger partial charge in [-0.25, -0.2) is 4.98 Å². The van der Waals surface area contributed by atoms with E-state index in [1.807, 2.05) is 30.9 Å². The van der Waals surface area contributed by atoms with Gasteiger partial charge in [-0.15, -0.1) is 0 Å². The fourth-order valence-corrected chi connectivity index (χ4v) is 5.54. The van der Waals surface area contributed by atoms with Crippen molar-refractivity contribution in [3.8, 4) is 11.3 Å². The molecule has 0 bridgehead atoms. The minimum Gasteiger partial charge on any atom is -0.354 e. The van der Waals surface area contributed by atoms with Gasteiger partial charge in [-0.3, -0.25) is 15.0 Å². The summed E-state index contributed by atoms with van der Waals surface area (Å²) in [5.41, 5.74) is 8.50. The summed E-state index contributed by atoms with van der Waals surface area (Å²) in [4.78, 5) is 15.0. The largest absolute Gasteiger partial charge is 0.354 e. The number of H-pyrrole nitrogens is 2. The Balaban J connectivity index is 1.30. The Kier molecular flexibility index (Phi) is 5.38. The SMILES string of the molecule is CC(C)c1c(-c2ccnc3[nH]ncc23)[nH]c2ccc(C3CCN(Cc4cccnc4)CC3)cc12. The second-order valence-corrected chi connectivity index (χ2v) is 9.78. The quantitative estimate of drug-likeness (QED) is 0.344. The number of nitrogens with zero attached hydrogens (tertiary/aromatic N) is 4. The monoisotopic (exact) mass is 450 g/mol. The lowest BCUT2D eigenvalue weighted by Crippen LogP contribution is -2.32. The van der Waals surface area contributed by atoms with Crippen molar-refractivity contribution in [2.45, 2.75) is 45.1 Å². The van der Waals surface area contributed by atoms with Crippen LogP contribution in [0.5, 0.6) is 0 Å². The van der Waals surface area contributed by atoms with Crippen molar-refractivity contribution in [1.82, 2.24) is 30.0 Å². The highest BCUT2D eigenvalue weighted by molar-refractivity contribution is 5.98. The van der Waals surface area contributed by atoms with Crippen LogP contribution in [0.25, 0.3) is 33.2 Å². The molecule has 6 nitrogen and oxygen atoms in total. The Morgan fingerprint density at radius 3 is 2.71 bits per heavy atom. The Labute approximate surface area is 199 Å². The van der Waals surface area contributed by atoms with Crippen molar-refractivity contribution in [2.24, 2.45) is 0 Å². The number of rotatable bonds is 5. The van der Waals surface area contributed by atoms with E-state index in [0.717, 1.165) is 36.2 Å². The normalized spacial score (nSPS) is 15.6. The molecule has 1 aliphatic heterocycles. The minimum atomic E-state index is 0.399. The number of nitrogens with one attached hydrogen (secondary N) is 2. The molecule has 0 radical (unpaired) electrons. The predicted molar refractivity (Wildman–Crippen MR) is 137 cm³/mol. The number of hydrogen-bond donors (Lipinski definition) is 2. The zero-order valence-electron chi connectivity index (χ0n) is 19.8. The van der Waals surface area contributed by atoms with Crippen molar-refractivity contribution in [3.63, 3.8) is 0 Å². The van der Waals surface area contributed by atoms with Crippen LogP contribution in [-0.2, 0) is 6.54 Å². The van der Waals surface area contributed by atoms with Crippen LogP contribution in [0.1, 0.15) is 55.2 Å². The summed E-state index contributed by atoms with van der Waals surface area (Å²) in [6, 6.07) is 13.3. The number of pyridine rings is 2. The topological polar surface area (TPSA) is 73.5 Å². The molecule has 172 valence electrons. The van der Waals surface area contributed by atoms with Crippen LogP contribution in [-0.4, -0.2) is 43.1 Å². The number of aromatic amines is 2. The molecule has 6 rings (SSSR count). The third-order valence-electron chi connectivity index (χ3n) is 7.25. The van der Waals surface area contributed by atoms with Gasteiger partial charge in [0.05, 0.1) is 11.9 Å². The van der Waals surface area contributed by atoms with Gasteiger partial charge in [-0.05, 0) is 78.7 Å². The van der Waals surface area contributed by atoms with E-state index in [2.05, 4.69) is 74.2 Å². The van der Waals surface area contributed by atoms with E-state index < -0.39 is 0 Å². The summed E-state index contributed by atoms with van der Waals surface area (Å²) < 4.78 is 0. The third kappa shape index (κ3) is 3.78. The number of benzene rings is 1. The Morgan fingerprint density at radius 1 is 1.03 bits per heavy atom. The zero-order valence-corrected chi connectivity index (χ0v) is 19.8. The van der Waals surface area contributed by atoms with Crippen LogP contribution in [0.15, 0.2) is 61.2 Å². The van der Waals surface area contributed by atoms with Crippen molar-refractivity contribution in [2.75, 3.05) is 13.1 Å². The van der Waals surface area contributed by atoms with Gasteiger partial charge in [0.2, 0.25) is 0 Å². The summed E-state index contributed by atoms with van der Waals surface area (Å²) >= 11 is 0. The van der Waals surface area contributed by atoms with Gasteiger partial charge in [0, 0.05) is 47.0 Å². The van der Waals surface area contributed by atoms with Gasteiger partial charge in [0.15, 0.2) is 5.65 Å². The second kappa shape index (κ2) is 8.69. The minimum absolute atomic E-state index is 0.399. The number of fused-ring (bicyclic) bond motifs is 2. The molecule has 0 amide bonds. The molecule has 2 N–H and O–H groups in total. The number of hydrogen-bond acceptors (Lipinski definition) is 4. The molecule has 34 heavy (non-hydrogen) atoms. The van der Waals surface area contributed by atoms with Crippen molar-refractivity contribution < 1.29 is 0 Å². The Hall–Kier alpha value is -3.51. The number of piperidine rings is 1. The fourth-order valence-electron chi connectivity index (χ4n) is 5.54. The van der Waals surface area contributed by atoms with Gasteiger partial charge < -0.3 is 4.98 Å². The van der Waals surface area contributed by atoms with Crippen LogP contribution in [0.3, 0.4) is 0 Å². The lowest BCUT2D eigenvalue weighted by molar-refractivity contribution is 0.204. The highest BCUT2D eigenvalue weighted by Crippen LogP contribution is 2.39. The van der Waals surface area contributed by atoms with Gasteiger partial charge >= 0.3 is 0 Å². The van der Waals surface area contributed by atoms with E-state index in [1.54, 1.807) is 0 Å². The van der Waals surface area contributed by atoms with Crippen molar-refractivity contribution in [1.29, 1.82) is 0 Å². The third-order valence-corrected chi connectivity index (χ3v) is 7.25. The van der Waals surface area contributed by atoms with Gasteiger partial charge in [0.25, 0.3) is 0 Å². The molecule has 0 aliphatic carbocycles. The van der Waals surface area contributed by atoms with Crippen molar-refractivity contribution in [3.05, 3.63) is 77.9 Å². The molecule has 1 aliphatic rings. The molecule has 4 aromatic heterocycles. The van der Waals surface area contributed by atoms with E-state index in [4.69, 9.17) is 0 Å². The van der Waals surface area contributed by atoms with Crippen LogP contribution in [0, 0.1) is 0 Å². The summed E-state index contributed by atoms with van der Waals surface area (Å²) in [6.07, 6.45) is 9.95. The second-order valence-electron chi connectivity index (χ2n) is 9.78. The molecule has 0 atom stereocenters. The van der Waals surface area contributed by atoms with Crippen LogP contribution >= 0.6 is 0 Å². The maximum atomic E-state index is 4.42. The molecular formula is C28H30N6. The van der Waals surface area contributed by atoms with Gasteiger partial charge in [0.1, 0.15) is 0 Å². The summed E-state index contributed by atoms with van der Waals surface area (Å²) in [5.74, 6) is 1.00. The summed E-state index contributed by atoms with van der Waals surface area (Å²) in [6.45, 7) is 7.81. The standard InChI is InChI=1S/C28H30N6/c1-18(2)26-23-14-21(20-8-12-34(13-9-20)17-19-4-3-10-29-15-19)5-6-25(23)32-27(26)22-7-11-30-28-24(22)16-31-33-28/h3-7,10-11,14-16,18,20,32H,8-9,12-13,17H2,1-2H3,(H,30,31,33). The molecule has 1 aromatic carbocycles. The Morgan fingerprint density at radius 2 is 1.91 bits per heavy atom.